The molecule has 6 aromatic rings. The van der Waals surface area contributed by atoms with Crippen LogP contribution in [0.25, 0.3) is 33.3 Å². The molecule has 0 radical (unpaired) electrons. The number of allylic oxidation sites excluding steroid dienone is 2. The maximum Gasteiger partial charge on any atom is 0.137 e. The topological polar surface area (TPSA) is 44.9 Å². The molecule has 7 rings (SSSR count). The fourth-order valence-corrected chi connectivity index (χ4v) is 8.46. The number of para-hydroxylation sites is 1. The highest BCUT2D eigenvalue weighted by molar-refractivity contribution is 6.09. The molecule has 0 fully saturated rings. The van der Waals surface area contributed by atoms with E-state index in [0.29, 0.717) is 23.7 Å². The molecule has 0 bridgehead atoms. The quantitative estimate of drug-likeness (QED) is 0.163. The summed E-state index contributed by atoms with van der Waals surface area (Å²) in [5, 5.41) is 7.58. The third-order valence-corrected chi connectivity index (χ3v) is 11.4. The second-order valence-corrected chi connectivity index (χ2v) is 17.8. The minimum atomic E-state index is -0.0871. The van der Waals surface area contributed by atoms with Gasteiger partial charge in [-0.15, -0.1) is 0 Å². The largest absolute Gasteiger partial charge is 0.457 e. The Morgan fingerprint density at radius 3 is 2.17 bits per heavy atom. The van der Waals surface area contributed by atoms with Crippen LogP contribution in [0.5, 0.6) is 11.5 Å². The van der Waals surface area contributed by atoms with Crippen molar-refractivity contribution in [2.75, 3.05) is 0 Å². The highest BCUT2D eigenvalue weighted by atomic mass is 16.5. The molecule has 0 saturated heterocycles. The molecule has 1 aliphatic carbocycles. The Kier molecular flexibility index (Phi) is 9.00. The molecular weight excluding hydrogens is 637 g/mol. The predicted molar refractivity (Wildman–Crippen MR) is 218 cm³/mol. The lowest BCUT2D eigenvalue weighted by molar-refractivity contribution is 0.317. The number of pyridine rings is 1. The summed E-state index contributed by atoms with van der Waals surface area (Å²) >= 11 is 0. The predicted octanol–water partition coefficient (Wildman–Crippen LogP) is 12.7. The van der Waals surface area contributed by atoms with E-state index in [2.05, 4.69) is 171 Å². The van der Waals surface area contributed by atoms with Crippen molar-refractivity contribution in [2.45, 2.75) is 106 Å². The second kappa shape index (κ2) is 13.1. The van der Waals surface area contributed by atoms with Gasteiger partial charge in [0.05, 0.1) is 22.4 Å². The lowest BCUT2D eigenvalue weighted by atomic mass is 9.69. The molecule has 0 aliphatic heterocycles. The fourth-order valence-electron chi connectivity index (χ4n) is 8.46. The number of rotatable bonds is 6. The van der Waals surface area contributed by atoms with Crippen molar-refractivity contribution in [1.82, 2.24) is 19.3 Å². The smallest absolute Gasteiger partial charge is 0.137 e. The molecule has 5 heteroatoms. The van der Waals surface area contributed by atoms with Crippen LogP contribution in [0.1, 0.15) is 110 Å². The standard InChI is InChI=1S/C47H56N4O/c1-28(2)33-21-29(3)44(30(4)22-33)45-31(5)49-51(32(45)6)36-23-35(47(10,11)12)24-38(26-36)52-37-17-18-40-39-15-13-14-16-41(39)50(42(40)27-37)43-25-34(19-20-48-43)46(7,8)9/h13-21,23-28,30,33,44H,22H2,1-12H3/t30-,33-,44-/m0/s1. The number of hydrogen-bond donors (Lipinski definition) is 0. The summed E-state index contributed by atoms with van der Waals surface area (Å²) in [7, 11) is 0. The van der Waals surface area contributed by atoms with Gasteiger partial charge in [-0.05, 0) is 109 Å². The van der Waals surface area contributed by atoms with Crippen LogP contribution in [-0.4, -0.2) is 19.3 Å². The first-order chi connectivity index (χ1) is 24.5. The molecule has 52 heavy (non-hydrogen) atoms. The Bertz CT molecular complexity index is 2320. The van der Waals surface area contributed by atoms with Crippen molar-refractivity contribution >= 4 is 21.8 Å². The first kappa shape index (κ1) is 35.7. The van der Waals surface area contributed by atoms with Gasteiger partial charge in [-0.25, -0.2) is 9.67 Å². The Balaban J connectivity index is 1.32. The van der Waals surface area contributed by atoms with Gasteiger partial charge in [0.1, 0.15) is 17.3 Å². The number of aryl methyl sites for hydroxylation is 1. The van der Waals surface area contributed by atoms with Crippen LogP contribution >= 0.6 is 0 Å². The molecule has 0 saturated carbocycles. The highest BCUT2D eigenvalue weighted by Gasteiger charge is 2.33. The molecule has 3 atom stereocenters. The zero-order chi connectivity index (χ0) is 37.3. The summed E-state index contributed by atoms with van der Waals surface area (Å²) in [6.45, 7) is 27.4. The minimum absolute atomic E-state index is 0.00768. The first-order valence-electron chi connectivity index (χ1n) is 19.1. The lowest BCUT2D eigenvalue weighted by Crippen LogP contribution is -2.24. The van der Waals surface area contributed by atoms with Crippen LogP contribution in [-0.2, 0) is 10.8 Å². The fraction of sp³-hybridized carbons (Fsp3) is 0.404. The monoisotopic (exact) mass is 692 g/mol. The summed E-state index contributed by atoms with van der Waals surface area (Å²) in [5.74, 6) is 4.72. The van der Waals surface area contributed by atoms with Gasteiger partial charge in [-0.3, -0.25) is 4.57 Å². The Morgan fingerprint density at radius 2 is 1.48 bits per heavy atom. The number of nitrogens with zero attached hydrogens (tertiary/aromatic N) is 4. The molecule has 3 aromatic heterocycles. The minimum Gasteiger partial charge on any atom is -0.457 e. The van der Waals surface area contributed by atoms with E-state index >= 15 is 0 Å². The maximum absolute atomic E-state index is 6.83. The van der Waals surface area contributed by atoms with Gasteiger partial charge in [0.15, 0.2) is 0 Å². The summed E-state index contributed by atoms with van der Waals surface area (Å²) in [4.78, 5) is 4.87. The Hall–Kier alpha value is -4.64. The van der Waals surface area contributed by atoms with E-state index in [1.807, 2.05) is 6.20 Å². The second-order valence-electron chi connectivity index (χ2n) is 17.8. The highest BCUT2D eigenvalue weighted by Crippen LogP contribution is 2.45. The van der Waals surface area contributed by atoms with Gasteiger partial charge >= 0.3 is 0 Å². The van der Waals surface area contributed by atoms with E-state index in [1.54, 1.807) is 0 Å². The van der Waals surface area contributed by atoms with Crippen molar-refractivity contribution < 1.29 is 4.74 Å². The van der Waals surface area contributed by atoms with Crippen LogP contribution in [0.4, 0.5) is 0 Å². The van der Waals surface area contributed by atoms with E-state index in [-0.39, 0.29) is 10.8 Å². The van der Waals surface area contributed by atoms with Gasteiger partial charge in [0.25, 0.3) is 0 Å². The molecular formula is C47H56N4O. The Morgan fingerprint density at radius 1 is 0.769 bits per heavy atom. The van der Waals surface area contributed by atoms with Crippen molar-refractivity contribution in [3.8, 4) is 23.0 Å². The van der Waals surface area contributed by atoms with E-state index in [1.165, 1.54) is 45.2 Å². The maximum atomic E-state index is 6.83. The SMILES string of the molecule is CC1=C[C@H](C(C)C)C[C@H](C)[C@H]1c1c(C)nn(-c2cc(Oc3ccc4c5ccccc5n(-c5cc(C(C)(C)C)ccn5)c4c3)cc(C(C)(C)C)c2)c1C. The van der Waals surface area contributed by atoms with Crippen LogP contribution in [0.15, 0.2) is 90.6 Å². The lowest BCUT2D eigenvalue weighted by Gasteiger charge is -2.35. The van der Waals surface area contributed by atoms with Crippen LogP contribution in [0.3, 0.4) is 0 Å². The van der Waals surface area contributed by atoms with Gasteiger partial charge in [-0.2, -0.15) is 5.10 Å². The number of ether oxygens (including phenoxy) is 1. The molecule has 3 aromatic carbocycles. The van der Waals surface area contributed by atoms with Crippen LogP contribution < -0.4 is 4.74 Å². The first-order valence-corrected chi connectivity index (χ1v) is 19.1. The number of fused-ring (bicyclic) bond motifs is 3. The molecule has 0 N–H and O–H groups in total. The number of aromatic nitrogens is 4. The van der Waals surface area contributed by atoms with Crippen molar-refractivity contribution in [2.24, 2.45) is 17.8 Å². The van der Waals surface area contributed by atoms with Crippen LogP contribution in [0, 0.1) is 31.6 Å². The molecule has 0 amide bonds. The van der Waals surface area contributed by atoms with Gasteiger partial charge in [0.2, 0.25) is 0 Å². The van der Waals surface area contributed by atoms with E-state index in [9.17, 15) is 0 Å². The summed E-state index contributed by atoms with van der Waals surface area (Å²) in [6.07, 6.45) is 5.67. The molecule has 3 heterocycles. The number of benzene rings is 3. The average Bonchev–Trinajstić information content (AvgIpc) is 3.56. The molecule has 0 unspecified atom stereocenters. The molecule has 270 valence electrons. The van der Waals surface area contributed by atoms with E-state index < -0.39 is 0 Å². The normalized spacial score (nSPS) is 18.4. The van der Waals surface area contributed by atoms with Gasteiger partial charge in [-0.1, -0.05) is 92.2 Å². The summed E-state index contributed by atoms with van der Waals surface area (Å²) < 4.78 is 11.2. The average molecular weight is 693 g/mol. The van der Waals surface area contributed by atoms with Gasteiger partial charge in [0, 0.05) is 46.3 Å². The van der Waals surface area contributed by atoms with E-state index in [0.717, 1.165) is 39.7 Å². The third-order valence-electron chi connectivity index (χ3n) is 11.4. The van der Waals surface area contributed by atoms with Crippen molar-refractivity contribution in [3.63, 3.8) is 0 Å². The van der Waals surface area contributed by atoms with Crippen molar-refractivity contribution in [1.29, 1.82) is 0 Å². The Labute approximate surface area is 310 Å². The van der Waals surface area contributed by atoms with Crippen LogP contribution in [0.2, 0.25) is 0 Å². The van der Waals surface area contributed by atoms with Crippen molar-refractivity contribution in [3.05, 3.63) is 119 Å². The third kappa shape index (κ3) is 6.48. The van der Waals surface area contributed by atoms with Gasteiger partial charge < -0.3 is 4.74 Å². The zero-order valence-electron chi connectivity index (χ0n) is 33.3. The number of hydrogen-bond acceptors (Lipinski definition) is 3. The molecule has 5 nitrogen and oxygen atoms in total. The summed E-state index contributed by atoms with van der Waals surface area (Å²) in [6, 6.07) is 26.0. The molecule has 1 aliphatic rings. The van der Waals surface area contributed by atoms with E-state index in [4.69, 9.17) is 14.8 Å². The molecule has 0 spiro atoms. The zero-order valence-corrected chi connectivity index (χ0v) is 33.3. The summed E-state index contributed by atoms with van der Waals surface area (Å²) in [5.41, 5.74) is 10.8.